The second kappa shape index (κ2) is 11.1. The van der Waals surface area contributed by atoms with Gasteiger partial charge in [0, 0.05) is 32.2 Å². The van der Waals surface area contributed by atoms with Gasteiger partial charge in [0.1, 0.15) is 12.4 Å². The molecular weight excluding hydrogens is 376 g/mol. The van der Waals surface area contributed by atoms with E-state index in [9.17, 15) is 8.42 Å². The Bertz CT molecular complexity index is 883. The summed E-state index contributed by atoms with van der Waals surface area (Å²) in [7, 11) is -1.85. The molecule has 3 N–H and O–H groups in total. The fourth-order valence-corrected chi connectivity index (χ4v) is 3.44. The van der Waals surface area contributed by atoms with Crippen LogP contribution in [0.1, 0.15) is 5.56 Å². The summed E-state index contributed by atoms with van der Waals surface area (Å²) in [5.74, 6) is 1.35. The maximum absolute atomic E-state index is 12.2. The van der Waals surface area contributed by atoms with Gasteiger partial charge >= 0.3 is 0 Å². The Labute approximate surface area is 166 Å². The van der Waals surface area contributed by atoms with Gasteiger partial charge in [0.2, 0.25) is 10.0 Å². The average molecular weight is 403 g/mol. The van der Waals surface area contributed by atoms with E-state index in [1.165, 1.54) is 0 Å². The summed E-state index contributed by atoms with van der Waals surface area (Å²) >= 11 is 0. The topological polar surface area (TPSA) is 91.8 Å². The third-order valence-electron chi connectivity index (χ3n) is 3.76. The lowest BCUT2D eigenvalue weighted by molar-refractivity contribution is 0.358. The van der Waals surface area contributed by atoms with Crippen LogP contribution in [-0.2, 0) is 16.6 Å². The van der Waals surface area contributed by atoms with E-state index in [2.05, 4.69) is 26.9 Å². The third-order valence-corrected chi connectivity index (χ3v) is 5.24. The minimum Gasteiger partial charge on any atom is -0.489 e. The summed E-state index contributed by atoms with van der Waals surface area (Å²) in [6, 6.07) is 16.0. The fraction of sp³-hybridized carbons (Fsp3) is 0.250. The first-order valence-electron chi connectivity index (χ1n) is 8.87. The summed E-state index contributed by atoms with van der Waals surface area (Å²) in [6.45, 7) is 5.23. The van der Waals surface area contributed by atoms with Crippen LogP contribution < -0.4 is 20.1 Å². The second-order valence-corrected chi connectivity index (χ2v) is 7.54. The predicted molar refractivity (Wildman–Crippen MR) is 112 cm³/mol. The Kier molecular flexibility index (Phi) is 8.51. The minimum absolute atomic E-state index is 0.233. The number of benzene rings is 2. The highest BCUT2D eigenvalue weighted by Crippen LogP contribution is 2.17. The quantitative estimate of drug-likeness (QED) is 0.244. The molecular formula is C20H26N4O3S. The Balaban J connectivity index is 1.80. The summed E-state index contributed by atoms with van der Waals surface area (Å²) < 4.78 is 32.5. The zero-order chi connectivity index (χ0) is 20.2. The van der Waals surface area contributed by atoms with E-state index in [4.69, 9.17) is 4.74 Å². The van der Waals surface area contributed by atoms with E-state index in [0.717, 1.165) is 11.3 Å². The second-order valence-electron chi connectivity index (χ2n) is 5.77. The van der Waals surface area contributed by atoms with Crippen molar-refractivity contribution in [2.45, 2.75) is 11.4 Å². The molecule has 0 saturated heterocycles. The fourth-order valence-electron chi connectivity index (χ4n) is 2.39. The molecule has 7 nitrogen and oxygen atoms in total. The first kappa shape index (κ1) is 21.5. The summed E-state index contributed by atoms with van der Waals surface area (Å²) in [4.78, 5) is 4.39. The molecule has 150 valence electrons. The van der Waals surface area contributed by atoms with Crippen LogP contribution in [0.5, 0.6) is 5.75 Å². The molecule has 0 aliphatic rings. The van der Waals surface area contributed by atoms with Crippen molar-refractivity contribution >= 4 is 16.0 Å². The van der Waals surface area contributed by atoms with Gasteiger partial charge in [0.25, 0.3) is 0 Å². The molecule has 2 aromatic rings. The van der Waals surface area contributed by atoms with Crippen LogP contribution in [0.25, 0.3) is 0 Å². The van der Waals surface area contributed by atoms with E-state index in [0.29, 0.717) is 25.7 Å². The maximum Gasteiger partial charge on any atom is 0.240 e. The van der Waals surface area contributed by atoms with Crippen molar-refractivity contribution in [3.8, 4) is 5.75 Å². The lowest BCUT2D eigenvalue weighted by Gasteiger charge is -2.14. The van der Waals surface area contributed by atoms with E-state index in [1.807, 2.05) is 24.3 Å². The van der Waals surface area contributed by atoms with Crippen LogP contribution >= 0.6 is 0 Å². The smallest absolute Gasteiger partial charge is 0.240 e. The van der Waals surface area contributed by atoms with Crippen molar-refractivity contribution in [2.24, 2.45) is 4.99 Å². The minimum atomic E-state index is -3.51. The van der Waals surface area contributed by atoms with Gasteiger partial charge in [0.15, 0.2) is 5.96 Å². The van der Waals surface area contributed by atoms with E-state index in [1.54, 1.807) is 43.5 Å². The number of hydrogen-bond acceptors (Lipinski definition) is 4. The number of ether oxygens (including phenoxy) is 1. The molecule has 0 heterocycles. The molecule has 2 aromatic carbocycles. The number of para-hydroxylation sites is 1. The average Bonchev–Trinajstić information content (AvgIpc) is 2.73. The van der Waals surface area contributed by atoms with Crippen LogP contribution in [-0.4, -0.2) is 41.1 Å². The molecule has 0 unspecified atom stereocenters. The molecule has 2 rings (SSSR count). The molecule has 0 radical (unpaired) electrons. The molecule has 0 saturated carbocycles. The molecule has 28 heavy (non-hydrogen) atoms. The number of nitrogens with one attached hydrogen (secondary N) is 3. The molecule has 0 aliphatic carbocycles. The zero-order valence-electron chi connectivity index (χ0n) is 15.9. The summed E-state index contributed by atoms with van der Waals surface area (Å²) in [5.41, 5.74) is 0.983. The molecule has 0 spiro atoms. The standard InChI is InChI=1S/C20H26N4O3S/c1-3-15-27-19-12-8-7-9-17(19)16-23-20(21-2)22-13-14-24-28(25,26)18-10-5-4-6-11-18/h3-12,24H,1,13-16H2,2H3,(H2,21,22,23). The normalized spacial score (nSPS) is 11.7. The molecule has 8 heteroatoms. The van der Waals surface area contributed by atoms with Gasteiger partial charge in [-0.1, -0.05) is 49.1 Å². The number of sulfonamides is 1. The number of aliphatic imine (C=N–C) groups is 1. The van der Waals surface area contributed by atoms with Crippen LogP contribution in [0.3, 0.4) is 0 Å². The van der Waals surface area contributed by atoms with Gasteiger partial charge in [0.05, 0.1) is 4.90 Å². The van der Waals surface area contributed by atoms with E-state index in [-0.39, 0.29) is 11.4 Å². The van der Waals surface area contributed by atoms with Gasteiger partial charge < -0.3 is 15.4 Å². The highest BCUT2D eigenvalue weighted by Gasteiger charge is 2.12. The van der Waals surface area contributed by atoms with Gasteiger partial charge in [-0.2, -0.15) is 0 Å². The SMILES string of the molecule is C=CCOc1ccccc1CNC(=NC)NCCNS(=O)(=O)c1ccccc1. The lowest BCUT2D eigenvalue weighted by Crippen LogP contribution is -2.41. The predicted octanol–water partition coefficient (Wildman–Crippen LogP) is 1.89. The number of guanidine groups is 1. The molecule has 0 fully saturated rings. The van der Waals surface area contributed by atoms with Gasteiger partial charge in [-0.15, -0.1) is 0 Å². The van der Waals surface area contributed by atoms with E-state index >= 15 is 0 Å². The number of nitrogens with zero attached hydrogens (tertiary/aromatic N) is 1. The summed E-state index contributed by atoms with van der Waals surface area (Å²) in [5, 5.41) is 6.27. The Hall–Kier alpha value is -2.84. The van der Waals surface area contributed by atoms with Crippen molar-refractivity contribution in [2.75, 3.05) is 26.7 Å². The molecule has 0 amide bonds. The Morgan fingerprint density at radius 1 is 1.07 bits per heavy atom. The summed E-state index contributed by atoms with van der Waals surface area (Å²) in [6.07, 6.45) is 1.70. The van der Waals surface area contributed by atoms with Crippen LogP contribution in [0.2, 0.25) is 0 Å². The highest BCUT2D eigenvalue weighted by molar-refractivity contribution is 7.89. The van der Waals surface area contributed by atoms with Crippen molar-refractivity contribution in [3.05, 3.63) is 72.8 Å². The highest BCUT2D eigenvalue weighted by atomic mass is 32.2. The largest absolute Gasteiger partial charge is 0.489 e. The van der Waals surface area contributed by atoms with Gasteiger partial charge in [-0.05, 0) is 18.2 Å². The van der Waals surface area contributed by atoms with Gasteiger partial charge in [-0.3, -0.25) is 4.99 Å². The van der Waals surface area contributed by atoms with Crippen LogP contribution in [0.15, 0.2) is 77.1 Å². The maximum atomic E-state index is 12.2. The molecule has 0 atom stereocenters. The number of hydrogen-bond donors (Lipinski definition) is 3. The Morgan fingerprint density at radius 2 is 1.79 bits per heavy atom. The van der Waals surface area contributed by atoms with Crippen molar-refractivity contribution in [1.29, 1.82) is 0 Å². The monoisotopic (exact) mass is 402 g/mol. The molecule has 0 aromatic heterocycles. The van der Waals surface area contributed by atoms with Gasteiger partial charge in [-0.25, -0.2) is 13.1 Å². The lowest BCUT2D eigenvalue weighted by atomic mass is 10.2. The molecule has 0 aliphatic heterocycles. The van der Waals surface area contributed by atoms with Crippen LogP contribution in [0.4, 0.5) is 0 Å². The van der Waals surface area contributed by atoms with Crippen molar-refractivity contribution in [3.63, 3.8) is 0 Å². The Morgan fingerprint density at radius 3 is 2.50 bits per heavy atom. The number of rotatable bonds is 10. The third kappa shape index (κ3) is 6.71. The first-order chi connectivity index (χ1) is 13.6. The van der Waals surface area contributed by atoms with Crippen LogP contribution in [0, 0.1) is 0 Å². The zero-order valence-corrected chi connectivity index (χ0v) is 16.7. The van der Waals surface area contributed by atoms with Crippen molar-refractivity contribution in [1.82, 2.24) is 15.4 Å². The van der Waals surface area contributed by atoms with Crippen molar-refractivity contribution < 1.29 is 13.2 Å². The molecule has 0 bridgehead atoms. The first-order valence-corrected chi connectivity index (χ1v) is 10.4. The van der Waals surface area contributed by atoms with E-state index < -0.39 is 10.0 Å².